The van der Waals surface area contributed by atoms with Crippen LogP contribution in [0.1, 0.15) is 27.7 Å². The number of hydrogen-bond donors (Lipinski definition) is 1. The second-order valence-corrected chi connectivity index (χ2v) is 4.25. The fraction of sp³-hybridized carbons (Fsp3) is 1.00. The average Bonchev–Trinajstić information content (AvgIpc) is 2.22. The van der Waals surface area contributed by atoms with E-state index in [1.807, 2.05) is 0 Å². The summed E-state index contributed by atoms with van der Waals surface area (Å²) in [6, 6.07) is 0. The highest BCUT2D eigenvalue weighted by Gasteiger charge is 1.97. The van der Waals surface area contributed by atoms with E-state index >= 15 is 0 Å². The Hall–Kier alpha value is -0.120. The molecule has 0 aliphatic carbocycles. The summed E-state index contributed by atoms with van der Waals surface area (Å²) in [5, 5.41) is 3.39. The zero-order valence-electron chi connectivity index (χ0n) is 10.9. The topological polar surface area (TPSA) is 24.5 Å². The highest BCUT2D eigenvalue weighted by atomic mass is 16.5. The van der Waals surface area contributed by atoms with Gasteiger partial charge in [0, 0.05) is 26.2 Å². The normalized spacial score (nSPS) is 11.6. The van der Waals surface area contributed by atoms with E-state index in [-0.39, 0.29) is 0 Å². The van der Waals surface area contributed by atoms with Gasteiger partial charge in [0.15, 0.2) is 0 Å². The third kappa shape index (κ3) is 10.2. The van der Waals surface area contributed by atoms with Crippen LogP contribution in [0.3, 0.4) is 0 Å². The van der Waals surface area contributed by atoms with E-state index < -0.39 is 0 Å². The van der Waals surface area contributed by atoms with Crippen molar-refractivity contribution in [3.05, 3.63) is 0 Å². The zero-order valence-corrected chi connectivity index (χ0v) is 10.9. The maximum Gasteiger partial charge on any atom is 0.0591 e. The Kier molecular flexibility index (Phi) is 10.3. The van der Waals surface area contributed by atoms with Crippen LogP contribution in [0.15, 0.2) is 0 Å². The van der Waals surface area contributed by atoms with E-state index in [1.54, 1.807) is 0 Å². The van der Waals surface area contributed by atoms with E-state index in [0.717, 1.165) is 45.9 Å². The summed E-state index contributed by atoms with van der Waals surface area (Å²) < 4.78 is 5.48. The number of ether oxygens (including phenoxy) is 1. The van der Waals surface area contributed by atoms with Crippen molar-refractivity contribution in [1.29, 1.82) is 0 Å². The Morgan fingerprint density at radius 2 is 1.80 bits per heavy atom. The van der Waals surface area contributed by atoms with Crippen molar-refractivity contribution >= 4 is 0 Å². The van der Waals surface area contributed by atoms with Crippen molar-refractivity contribution in [2.45, 2.75) is 27.7 Å². The van der Waals surface area contributed by atoms with Crippen molar-refractivity contribution in [1.82, 2.24) is 10.2 Å². The van der Waals surface area contributed by atoms with E-state index in [2.05, 4.69) is 37.9 Å². The molecule has 0 unspecified atom stereocenters. The smallest absolute Gasteiger partial charge is 0.0591 e. The molecule has 0 saturated heterocycles. The summed E-state index contributed by atoms with van der Waals surface area (Å²) in [7, 11) is 0. The van der Waals surface area contributed by atoms with Gasteiger partial charge in [0.2, 0.25) is 0 Å². The molecule has 92 valence electrons. The third-order valence-corrected chi connectivity index (χ3v) is 2.37. The molecule has 0 bridgehead atoms. The number of rotatable bonds is 10. The summed E-state index contributed by atoms with van der Waals surface area (Å²) >= 11 is 0. The van der Waals surface area contributed by atoms with Crippen molar-refractivity contribution in [2.24, 2.45) is 5.92 Å². The van der Waals surface area contributed by atoms with Gasteiger partial charge in [-0.2, -0.15) is 0 Å². The van der Waals surface area contributed by atoms with Gasteiger partial charge in [0.1, 0.15) is 0 Å². The van der Waals surface area contributed by atoms with Crippen LogP contribution in [0.5, 0.6) is 0 Å². The van der Waals surface area contributed by atoms with E-state index in [0.29, 0.717) is 5.92 Å². The Morgan fingerprint density at radius 1 is 1.13 bits per heavy atom. The summed E-state index contributed by atoms with van der Waals surface area (Å²) in [4.78, 5) is 2.42. The predicted octanol–water partition coefficient (Wildman–Crippen LogP) is 1.59. The van der Waals surface area contributed by atoms with Gasteiger partial charge >= 0.3 is 0 Å². The van der Waals surface area contributed by atoms with Crippen LogP contribution < -0.4 is 5.32 Å². The third-order valence-electron chi connectivity index (χ3n) is 2.37. The monoisotopic (exact) mass is 216 g/mol. The highest BCUT2D eigenvalue weighted by molar-refractivity contribution is 4.55. The Bertz CT molecular complexity index is 125. The molecule has 0 aromatic carbocycles. The first-order chi connectivity index (χ1) is 7.20. The lowest BCUT2D eigenvalue weighted by molar-refractivity contribution is 0.111. The Labute approximate surface area is 95.2 Å². The van der Waals surface area contributed by atoms with Gasteiger partial charge in [0.25, 0.3) is 0 Å². The molecule has 0 atom stereocenters. The maximum atomic E-state index is 5.48. The highest BCUT2D eigenvalue weighted by Crippen LogP contribution is 1.91. The summed E-state index contributed by atoms with van der Waals surface area (Å²) in [6.07, 6.45) is 0. The van der Waals surface area contributed by atoms with Gasteiger partial charge in [-0.15, -0.1) is 0 Å². The second kappa shape index (κ2) is 10.4. The Morgan fingerprint density at radius 3 is 2.33 bits per heavy atom. The lowest BCUT2D eigenvalue weighted by Crippen LogP contribution is -2.33. The van der Waals surface area contributed by atoms with Gasteiger partial charge in [-0.25, -0.2) is 0 Å². The standard InChI is InChI=1S/C12H28N2O/c1-5-14(6-2)9-7-13-8-10-15-11-12(3)4/h12-13H,5-11H2,1-4H3. The zero-order chi connectivity index (χ0) is 11.5. The molecule has 0 heterocycles. The lowest BCUT2D eigenvalue weighted by atomic mass is 10.2. The maximum absolute atomic E-state index is 5.48. The van der Waals surface area contributed by atoms with Crippen molar-refractivity contribution in [3.63, 3.8) is 0 Å². The fourth-order valence-electron chi connectivity index (χ4n) is 1.37. The van der Waals surface area contributed by atoms with Crippen molar-refractivity contribution in [3.8, 4) is 0 Å². The van der Waals surface area contributed by atoms with Gasteiger partial charge in [0.05, 0.1) is 6.61 Å². The quantitative estimate of drug-likeness (QED) is 0.561. The molecular weight excluding hydrogens is 188 g/mol. The first-order valence-corrected chi connectivity index (χ1v) is 6.21. The van der Waals surface area contributed by atoms with Crippen LogP contribution in [0.25, 0.3) is 0 Å². The van der Waals surface area contributed by atoms with Crippen LogP contribution in [-0.4, -0.2) is 50.8 Å². The SMILES string of the molecule is CCN(CC)CCNCCOCC(C)C. The second-order valence-electron chi connectivity index (χ2n) is 4.25. The number of nitrogens with zero attached hydrogens (tertiary/aromatic N) is 1. The molecule has 3 heteroatoms. The van der Waals surface area contributed by atoms with Crippen LogP contribution in [-0.2, 0) is 4.74 Å². The molecule has 0 rings (SSSR count). The van der Waals surface area contributed by atoms with Gasteiger partial charge in [-0.1, -0.05) is 27.7 Å². The van der Waals surface area contributed by atoms with Crippen LogP contribution in [0.4, 0.5) is 0 Å². The molecule has 0 aromatic rings. The molecule has 0 amide bonds. The summed E-state index contributed by atoms with van der Waals surface area (Å²) in [5.74, 6) is 0.640. The van der Waals surface area contributed by atoms with E-state index in [1.165, 1.54) is 0 Å². The van der Waals surface area contributed by atoms with Crippen LogP contribution in [0.2, 0.25) is 0 Å². The average molecular weight is 216 g/mol. The summed E-state index contributed by atoms with van der Waals surface area (Å²) in [5.41, 5.74) is 0. The minimum Gasteiger partial charge on any atom is -0.380 e. The molecule has 0 spiro atoms. The van der Waals surface area contributed by atoms with E-state index in [9.17, 15) is 0 Å². The molecule has 1 N–H and O–H groups in total. The molecule has 3 nitrogen and oxygen atoms in total. The fourth-order valence-corrected chi connectivity index (χ4v) is 1.37. The van der Waals surface area contributed by atoms with Crippen molar-refractivity contribution < 1.29 is 4.74 Å². The minimum absolute atomic E-state index is 0.640. The molecule has 0 aliphatic heterocycles. The van der Waals surface area contributed by atoms with Gasteiger partial charge in [-0.3, -0.25) is 0 Å². The molecule has 15 heavy (non-hydrogen) atoms. The molecule has 0 saturated carbocycles. The minimum atomic E-state index is 0.640. The number of likely N-dealkylation sites (N-methyl/N-ethyl adjacent to an activating group) is 1. The molecule has 0 aliphatic rings. The van der Waals surface area contributed by atoms with Crippen LogP contribution in [0, 0.1) is 5.92 Å². The van der Waals surface area contributed by atoms with Gasteiger partial charge < -0.3 is 15.0 Å². The van der Waals surface area contributed by atoms with E-state index in [4.69, 9.17) is 4.74 Å². The molecule has 0 fully saturated rings. The van der Waals surface area contributed by atoms with Gasteiger partial charge in [-0.05, 0) is 19.0 Å². The first kappa shape index (κ1) is 14.9. The number of hydrogen-bond acceptors (Lipinski definition) is 3. The molecular formula is C12H28N2O. The summed E-state index contributed by atoms with van der Waals surface area (Å²) in [6.45, 7) is 15.9. The molecule has 0 radical (unpaired) electrons. The lowest BCUT2D eigenvalue weighted by Gasteiger charge is -2.18. The number of nitrogens with one attached hydrogen (secondary N) is 1. The Balaban J connectivity index is 3.10. The van der Waals surface area contributed by atoms with Crippen LogP contribution >= 0.6 is 0 Å². The van der Waals surface area contributed by atoms with Crippen molar-refractivity contribution in [2.75, 3.05) is 45.9 Å². The predicted molar refractivity (Wildman–Crippen MR) is 66.3 cm³/mol. The first-order valence-electron chi connectivity index (χ1n) is 6.21. The molecule has 0 aromatic heterocycles. The largest absolute Gasteiger partial charge is 0.380 e.